The third-order valence-electron chi connectivity index (χ3n) is 5.11. The van der Waals surface area contributed by atoms with Crippen LogP contribution in [0.25, 0.3) is 0 Å². The van der Waals surface area contributed by atoms with Gasteiger partial charge in [-0.15, -0.1) is 0 Å². The first-order chi connectivity index (χ1) is 8.53. The molecule has 4 heteroatoms. The lowest BCUT2D eigenvalue weighted by Gasteiger charge is -2.15. The minimum atomic E-state index is -0.972. The van der Waals surface area contributed by atoms with Gasteiger partial charge in [-0.2, -0.15) is 0 Å². The summed E-state index contributed by atoms with van der Waals surface area (Å²) >= 11 is 0. The van der Waals surface area contributed by atoms with E-state index in [-0.39, 0.29) is 28.0 Å². The van der Waals surface area contributed by atoms with Crippen molar-refractivity contribution in [2.24, 2.45) is 10.8 Å². The predicted octanol–water partition coefficient (Wildman–Crippen LogP) is 2.77. The second-order valence-corrected chi connectivity index (χ2v) is 6.65. The molecular weight excluding hydrogens is 242 g/mol. The van der Waals surface area contributed by atoms with Crippen LogP contribution in [0, 0.1) is 24.7 Å². The van der Waals surface area contributed by atoms with Crippen molar-refractivity contribution < 1.29 is 9.90 Å². The molecule has 0 amide bonds. The molecule has 1 aromatic heterocycles. The minimum Gasteiger partial charge on any atom is -0.478 e. The Morgan fingerprint density at radius 1 is 1.21 bits per heavy atom. The van der Waals surface area contributed by atoms with Crippen molar-refractivity contribution in [2.45, 2.75) is 47.6 Å². The topological polar surface area (TPSA) is 59.3 Å². The van der Waals surface area contributed by atoms with Gasteiger partial charge in [0.25, 0.3) is 5.56 Å². The van der Waals surface area contributed by atoms with Crippen LogP contribution in [0.15, 0.2) is 10.9 Å². The van der Waals surface area contributed by atoms with E-state index in [4.69, 9.17) is 0 Å². The Balaban J connectivity index is 2.71. The number of rotatable bonds is 2. The first kappa shape index (κ1) is 13.8. The number of hydrogen-bond donors (Lipinski definition) is 1. The summed E-state index contributed by atoms with van der Waals surface area (Å²) in [6, 6.07) is 1.48. The molecule has 104 valence electrons. The number of aromatic nitrogens is 1. The molecule has 1 aliphatic rings. The van der Waals surface area contributed by atoms with Crippen molar-refractivity contribution in [3.63, 3.8) is 0 Å². The molecule has 0 aliphatic heterocycles. The monoisotopic (exact) mass is 263 g/mol. The Kier molecular flexibility index (Phi) is 2.71. The fourth-order valence-corrected chi connectivity index (χ4v) is 3.35. The summed E-state index contributed by atoms with van der Waals surface area (Å²) < 4.78 is 1.66. The molecule has 1 heterocycles. The molecule has 1 aliphatic carbocycles. The van der Waals surface area contributed by atoms with Crippen molar-refractivity contribution >= 4 is 5.97 Å². The number of nitrogens with zero attached hydrogens (tertiary/aromatic N) is 1. The van der Waals surface area contributed by atoms with Crippen LogP contribution in [0.3, 0.4) is 0 Å². The van der Waals surface area contributed by atoms with E-state index in [0.717, 1.165) is 0 Å². The average molecular weight is 263 g/mol. The van der Waals surface area contributed by atoms with E-state index in [0.29, 0.717) is 11.3 Å². The van der Waals surface area contributed by atoms with E-state index in [1.165, 1.54) is 6.07 Å². The number of carbonyl (C=O) groups is 1. The van der Waals surface area contributed by atoms with Crippen molar-refractivity contribution in [3.8, 4) is 0 Å². The molecule has 2 rings (SSSR count). The SMILES string of the molecule is Cc1cc(=O)n(C2C(C)(C)C2(C)C)c(C)c1C(=O)O. The third-order valence-corrected chi connectivity index (χ3v) is 5.11. The summed E-state index contributed by atoms with van der Waals surface area (Å²) in [6.07, 6.45) is 0. The van der Waals surface area contributed by atoms with Crippen LogP contribution in [-0.2, 0) is 0 Å². The smallest absolute Gasteiger partial charge is 0.337 e. The molecule has 19 heavy (non-hydrogen) atoms. The van der Waals surface area contributed by atoms with Gasteiger partial charge in [0, 0.05) is 17.8 Å². The molecule has 4 nitrogen and oxygen atoms in total. The number of aromatic carboxylic acids is 1. The summed E-state index contributed by atoms with van der Waals surface area (Å²) in [5, 5.41) is 9.31. The van der Waals surface area contributed by atoms with Crippen molar-refractivity contribution in [2.75, 3.05) is 0 Å². The van der Waals surface area contributed by atoms with Crippen LogP contribution < -0.4 is 5.56 Å². The van der Waals surface area contributed by atoms with Crippen molar-refractivity contribution in [1.82, 2.24) is 4.57 Å². The summed E-state index contributed by atoms with van der Waals surface area (Å²) in [4.78, 5) is 23.6. The van der Waals surface area contributed by atoms with Gasteiger partial charge in [-0.3, -0.25) is 4.79 Å². The zero-order valence-electron chi connectivity index (χ0n) is 12.4. The van der Waals surface area contributed by atoms with Gasteiger partial charge in [-0.05, 0) is 30.2 Å². The molecule has 1 aromatic rings. The molecule has 1 N–H and O–H groups in total. The fraction of sp³-hybridized carbons (Fsp3) is 0.600. The molecule has 0 spiro atoms. The van der Waals surface area contributed by atoms with E-state index in [2.05, 4.69) is 27.7 Å². The van der Waals surface area contributed by atoms with Gasteiger partial charge in [-0.1, -0.05) is 27.7 Å². The van der Waals surface area contributed by atoms with Crippen LogP contribution in [-0.4, -0.2) is 15.6 Å². The molecule has 0 bridgehead atoms. The standard InChI is InChI=1S/C15H21NO3/c1-8-7-10(17)16(9(2)11(8)12(18)19)13-14(3,4)15(13,5)6/h7,13H,1-6H3,(H,18,19). The molecule has 0 saturated heterocycles. The Labute approximate surface area is 113 Å². The molecule has 0 aromatic carbocycles. The highest BCUT2D eigenvalue weighted by molar-refractivity contribution is 5.90. The second-order valence-electron chi connectivity index (χ2n) is 6.65. The lowest BCUT2D eigenvalue weighted by Crippen LogP contribution is -2.26. The number of hydrogen-bond acceptors (Lipinski definition) is 2. The molecule has 1 saturated carbocycles. The largest absolute Gasteiger partial charge is 0.478 e. The Bertz CT molecular complexity index is 609. The Morgan fingerprint density at radius 3 is 2.05 bits per heavy atom. The van der Waals surface area contributed by atoms with Gasteiger partial charge in [0.2, 0.25) is 0 Å². The van der Waals surface area contributed by atoms with Gasteiger partial charge in [-0.25, -0.2) is 4.79 Å². The van der Waals surface area contributed by atoms with E-state index in [1.54, 1.807) is 18.4 Å². The van der Waals surface area contributed by atoms with Crippen molar-refractivity contribution in [1.29, 1.82) is 0 Å². The maximum Gasteiger partial charge on any atom is 0.337 e. The maximum atomic E-state index is 12.3. The highest BCUT2D eigenvalue weighted by atomic mass is 16.4. The van der Waals surface area contributed by atoms with E-state index >= 15 is 0 Å². The number of pyridine rings is 1. The lowest BCUT2D eigenvalue weighted by molar-refractivity contribution is 0.0694. The molecule has 0 atom stereocenters. The lowest BCUT2D eigenvalue weighted by atomic mass is 10.0. The van der Waals surface area contributed by atoms with Gasteiger partial charge < -0.3 is 9.67 Å². The number of carboxylic acid groups (broad SMARTS) is 1. The maximum absolute atomic E-state index is 12.3. The molecule has 0 unspecified atom stereocenters. The normalized spacial score (nSPS) is 20.3. The van der Waals surface area contributed by atoms with Crippen LogP contribution >= 0.6 is 0 Å². The third kappa shape index (κ3) is 1.66. The van der Waals surface area contributed by atoms with Gasteiger partial charge in [0.05, 0.1) is 5.56 Å². The first-order valence-electron chi connectivity index (χ1n) is 6.49. The second kappa shape index (κ2) is 3.71. The van der Waals surface area contributed by atoms with Gasteiger partial charge >= 0.3 is 5.97 Å². The average Bonchev–Trinajstić information content (AvgIpc) is 2.59. The summed E-state index contributed by atoms with van der Waals surface area (Å²) in [5.74, 6) is -0.972. The quantitative estimate of drug-likeness (QED) is 0.892. The minimum absolute atomic E-state index is 0.00732. The summed E-state index contributed by atoms with van der Waals surface area (Å²) in [6.45, 7) is 11.9. The summed E-state index contributed by atoms with van der Waals surface area (Å²) in [5.41, 5.74) is 1.21. The van der Waals surface area contributed by atoms with Crippen LogP contribution in [0.2, 0.25) is 0 Å². The Morgan fingerprint density at radius 2 is 1.68 bits per heavy atom. The van der Waals surface area contributed by atoms with E-state index in [9.17, 15) is 14.7 Å². The van der Waals surface area contributed by atoms with Gasteiger partial charge in [0.15, 0.2) is 0 Å². The molecule has 1 fully saturated rings. The number of aryl methyl sites for hydroxylation is 1. The fourth-order valence-electron chi connectivity index (χ4n) is 3.35. The van der Waals surface area contributed by atoms with Crippen LogP contribution in [0.5, 0.6) is 0 Å². The van der Waals surface area contributed by atoms with Crippen LogP contribution in [0.4, 0.5) is 0 Å². The van der Waals surface area contributed by atoms with Gasteiger partial charge in [0.1, 0.15) is 0 Å². The van der Waals surface area contributed by atoms with Crippen LogP contribution in [0.1, 0.15) is 55.4 Å². The van der Waals surface area contributed by atoms with Crippen molar-refractivity contribution in [3.05, 3.63) is 33.2 Å². The number of carboxylic acids is 1. The highest BCUT2D eigenvalue weighted by Crippen LogP contribution is 2.71. The molecular formula is C15H21NO3. The van der Waals surface area contributed by atoms with E-state index < -0.39 is 5.97 Å². The zero-order chi connectivity index (χ0) is 14.7. The highest BCUT2D eigenvalue weighted by Gasteiger charge is 2.66. The molecule has 0 radical (unpaired) electrons. The first-order valence-corrected chi connectivity index (χ1v) is 6.49. The Hall–Kier alpha value is -1.58. The zero-order valence-corrected chi connectivity index (χ0v) is 12.4. The van der Waals surface area contributed by atoms with E-state index in [1.807, 2.05) is 0 Å². The summed E-state index contributed by atoms with van der Waals surface area (Å²) in [7, 11) is 0. The predicted molar refractivity (Wildman–Crippen MR) is 73.7 cm³/mol.